The average Bonchev–Trinajstić information content (AvgIpc) is 2.92. The summed E-state index contributed by atoms with van der Waals surface area (Å²) in [6.45, 7) is 2.39. The minimum absolute atomic E-state index is 0.0875. The lowest BCUT2D eigenvalue weighted by molar-refractivity contribution is -0.140. The van der Waals surface area contributed by atoms with E-state index in [-0.39, 0.29) is 12.0 Å². The number of nitrogens with zero attached hydrogens (tertiary/aromatic N) is 3. The molecular weight excluding hydrogens is 342 g/mol. The first-order valence-corrected chi connectivity index (χ1v) is 10.0. The molecule has 132 valence electrons. The van der Waals surface area contributed by atoms with Crippen molar-refractivity contribution >= 4 is 32.6 Å². The van der Waals surface area contributed by atoms with Gasteiger partial charge in [-0.2, -0.15) is 0 Å². The molecule has 2 bridgehead atoms. The van der Waals surface area contributed by atoms with Crippen LogP contribution in [0.5, 0.6) is 0 Å². The molecule has 3 fully saturated rings. The van der Waals surface area contributed by atoms with Crippen molar-refractivity contribution < 1.29 is 4.79 Å². The second-order valence-corrected chi connectivity index (χ2v) is 8.26. The van der Waals surface area contributed by atoms with E-state index in [4.69, 9.17) is 4.98 Å². The van der Waals surface area contributed by atoms with Gasteiger partial charge >= 0.3 is 0 Å². The van der Waals surface area contributed by atoms with E-state index in [9.17, 15) is 4.79 Å². The Balaban J connectivity index is 1.43. The van der Waals surface area contributed by atoms with Crippen LogP contribution >= 0.6 is 11.3 Å². The number of para-hydroxylation sites is 1. The molecule has 3 saturated heterocycles. The molecule has 2 aromatic carbocycles. The fourth-order valence-electron chi connectivity index (χ4n) is 4.18. The Morgan fingerprint density at radius 2 is 1.81 bits per heavy atom. The van der Waals surface area contributed by atoms with E-state index >= 15 is 0 Å². The molecule has 2 unspecified atom stereocenters. The molecule has 4 nitrogen and oxygen atoms in total. The standard InChI is InChI=1S/C21H21N3OS/c25-20-16-10-11-17(24(20)12-15-6-2-1-3-7-15)14-23(13-16)21-22-18-8-4-5-9-19(18)26-21/h1-9,16-17H,10-14H2. The van der Waals surface area contributed by atoms with Crippen LogP contribution in [0.25, 0.3) is 10.2 Å². The zero-order valence-corrected chi connectivity index (χ0v) is 15.4. The van der Waals surface area contributed by atoms with Gasteiger partial charge in [-0.3, -0.25) is 4.79 Å². The molecule has 3 aliphatic rings. The number of hydrogen-bond acceptors (Lipinski definition) is 4. The van der Waals surface area contributed by atoms with Gasteiger partial charge in [-0.25, -0.2) is 4.98 Å². The number of rotatable bonds is 3. The van der Waals surface area contributed by atoms with Crippen molar-refractivity contribution in [2.75, 3.05) is 18.0 Å². The summed E-state index contributed by atoms with van der Waals surface area (Å²) in [5.41, 5.74) is 2.26. The van der Waals surface area contributed by atoms with Gasteiger partial charge in [-0.15, -0.1) is 0 Å². The van der Waals surface area contributed by atoms with Crippen LogP contribution in [-0.2, 0) is 11.3 Å². The summed E-state index contributed by atoms with van der Waals surface area (Å²) in [6, 6.07) is 18.9. The maximum absolute atomic E-state index is 13.0. The number of benzene rings is 2. The van der Waals surface area contributed by atoms with Gasteiger partial charge in [0.25, 0.3) is 0 Å². The largest absolute Gasteiger partial charge is 0.345 e. The van der Waals surface area contributed by atoms with Crippen molar-refractivity contribution in [3.8, 4) is 0 Å². The van der Waals surface area contributed by atoms with Crippen molar-refractivity contribution in [2.45, 2.75) is 25.4 Å². The lowest BCUT2D eigenvalue weighted by atomic mass is 9.93. The molecule has 5 heteroatoms. The molecule has 4 heterocycles. The van der Waals surface area contributed by atoms with Crippen molar-refractivity contribution in [3.63, 3.8) is 0 Å². The smallest absolute Gasteiger partial charge is 0.228 e. The van der Waals surface area contributed by atoms with Gasteiger partial charge < -0.3 is 9.80 Å². The lowest BCUT2D eigenvalue weighted by Gasteiger charge is -2.36. The van der Waals surface area contributed by atoms with E-state index in [2.05, 4.69) is 40.1 Å². The van der Waals surface area contributed by atoms with Gasteiger partial charge in [0, 0.05) is 25.7 Å². The van der Waals surface area contributed by atoms with Gasteiger partial charge in [-0.1, -0.05) is 53.8 Å². The molecule has 0 N–H and O–H groups in total. The minimum Gasteiger partial charge on any atom is -0.345 e. The predicted molar refractivity (Wildman–Crippen MR) is 105 cm³/mol. The highest BCUT2D eigenvalue weighted by Crippen LogP contribution is 2.35. The quantitative estimate of drug-likeness (QED) is 0.708. The third-order valence-corrected chi connectivity index (χ3v) is 6.64. The summed E-state index contributed by atoms with van der Waals surface area (Å²) in [5, 5.41) is 1.05. The van der Waals surface area contributed by atoms with Crippen molar-refractivity contribution in [2.24, 2.45) is 5.92 Å². The van der Waals surface area contributed by atoms with Crippen molar-refractivity contribution in [3.05, 3.63) is 60.2 Å². The Bertz CT molecular complexity index is 906. The first kappa shape index (κ1) is 15.8. The molecule has 2 atom stereocenters. The molecule has 1 aromatic heterocycles. The zero-order valence-electron chi connectivity index (χ0n) is 14.5. The van der Waals surface area contributed by atoms with E-state index in [1.165, 1.54) is 10.3 Å². The third-order valence-electron chi connectivity index (χ3n) is 5.54. The number of piperidine rings is 1. The Hall–Kier alpha value is -2.40. The first-order valence-electron chi connectivity index (χ1n) is 9.23. The fourth-order valence-corrected chi connectivity index (χ4v) is 5.16. The number of hydrogen-bond donors (Lipinski definition) is 0. The van der Waals surface area contributed by atoms with Crippen LogP contribution in [0.15, 0.2) is 54.6 Å². The minimum atomic E-state index is 0.0875. The highest BCUT2D eigenvalue weighted by molar-refractivity contribution is 7.22. The summed E-state index contributed by atoms with van der Waals surface area (Å²) in [6.07, 6.45) is 2.08. The Labute approximate surface area is 157 Å². The van der Waals surface area contributed by atoms with Gasteiger partial charge in [0.15, 0.2) is 5.13 Å². The molecule has 3 aromatic rings. The van der Waals surface area contributed by atoms with E-state index in [0.29, 0.717) is 12.5 Å². The Morgan fingerprint density at radius 3 is 2.65 bits per heavy atom. The number of thiazole rings is 1. The SMILES string of the molecule is O=C1C2CCC(CN(c3nc4ccccc4s3)C2)N1Cc1ccccc1. The lowest BCUT2D eigenvalue weighted by Crippen LogP contribution is -2.47. The first-order chi connectivity index (χ1) is 12.8. The van der Waals surface area contributed by atoms with Crippen molar-refractivity contribution in [1.82, 2.24) is 9.88 Å². The Morgan fingerprint density at radius 1 is 1.00 bits per heavy atom. The molecule has 6 rings (SSSR count). The summed E-state index contributed by atoms with van der Waals surface area (Å²) in [7, 11) is 0. The number of carbonyl (C=O) groups is 1. The van der Waals surface area contributed by atoms with Crippen LogP contribution in [0.3, 0.4) is 0 Å². The average molecular weight is 363 g/mol. The number of fused-ring (bicyclic) bond motifs is 5. The molecule has 1 amide bonds. The second-order valence-electron chi connectivity index (χ2n) is 7.25. The summed E-state index contributed by atoms with van der Waals surface area (Å²) >= 11 is 1.74. The molecule has 0 saturated carbocycles. The van der Waals surface area contributed by atoms with Gasteiger partial charge in [0.05, 0.1) is 16.1 Å². The second kappa shape index (κ2) is 6.40. The molecule has 0 aliphatic carbocycles. The van der Waals surface area contributed by atoms with E-state index in [1.54, 1.807) is 11.3 Å². The van der Waals surface area contributed by atoms with Gasteiger partial charge in [0.2, 0.25) is 5.91 Å². The number of anilines is 1. The molecule has 0 radical (unpaired) electrons. The predicted octanol–water partition coefficient (Wildman–Crippen LogP) is 3.92. The van der Waals surface area contributed by atoms with E-state index in [1.807, 2.05) is 24.3 Å². The maximum Gasteiger partial charge on any atom is 0.228 e. The number of aromatic nitrogens is 1. The number of amides is 1. The summed E-state index contributed by atoms with van der Waals surface area (Å²) < 4.78 is 1.21. The molecule has 26 heavy (non-hydrogen) atoms. The van der Waals surface area contributed by atoms with Crippen LogP contribution in [0.4, 0.5) is 5.13 Å². The van der Waals surface area contributed by atoms with Gasteiger partial charge in [-0.05, 0) is 30.5 Å². The van der Waals surface area contributed by atoms with Crippen LogP contribution in [0.2, 0.25) is 0 Å². The monoisotopic (exact) mass is 363 g/mol. The molecular formula is C21H21N3OS. The summed E-state index contributed by atoms with van der Waals surface area (Å²) in [5.74, 6) is 0.401. The maximum atomic E-state index is 13.0. The summed E-state index contributed by atoms with van der Waals surface area (Å²) in [4.78, 5) is 22.3. The van der Waals surface area contributed by atoms with Gasteiger partial charge in [0.1, 0.15) is 0 Å². The Kier molecular flexibility index (Phi) is 3.89. The zero-order chi connectivity index (χ0) is 17.5. The third kappa shape index (κ3) is 2.76. The van der Waals surface area contributed by atoms with Crippen LogP contribution in [-0.4, -0.2) is 34.9 Å². The van der Waals surface area contributed by atoms with Crippen LogP contribution in [0, 0.1) is 5.92 Å². The fraction of sp³-hybridized carbons (Fsp3) is 0.333. The highest BCUT2D eigenvalue weighted by atomic mass is 32.1. The topological polar surface area (TPSA) is 36.4 Å². The van der Waals surface area contributed by atoms with E-state index in [0.717, 1.165) is 36.6 Å². The molecule has 3 aliphatic heterocycles. The normalized spacial score (nSPS) is 22.8. The molecule has 0 spiro atoms. The van der Waals surface area contributed by atoms with E-state index < -0.39 is 0 Å². The number of carbonyl (C=O) groups excluding carboxylic acids is 1. The van der Waals surface area contributed by atoms with Crippen LogP contribution in [0.1, 0.15) is 18.4 Å². The van der Waals surface area contributed by atoms with Crippen molar-refractivity contribution in [1.29, 1.82) is 0 Å². The van der Waals surface area contributed by atoms with Crippen LogP contribution < -0.4 is 4.90 Å². The highest BCUT2D eigenvalue weighted by Gasteiger charge is 2.41.